The van der Waals surface area contributed by atoms with E-state index in [1.54, 1.807) is 11.3 Å². The van der Waals surface area contributed by atoms with Gasteiger partial charge in [0.1, 0.15) is 6.17 Å². The maximum Gasteiger partial charge on any atom is 0.264 e. The summed E-state index contributed by atoms with van der Waals surface area (Å²) in [5.74, 6) is 0.168. The molecule has 3 heterocycles. The molecule has 162 valence electrons. The van der Waals surface area contributed by atoms with Crippen LogP contribution >= 0.6 is 11.3 Å². The number of benzene rings is 2. The number of likely N-dealkylation sites (N-methyl/N-ethyl adjacent to an activating group) is 2. The van der Waals surface area contributed by atoms with Crippen molar-refractivity contribution in [2.24, 2.45) is 0 Å². The highest BCUT2D eigenvalue weighted by Gasteiger charge is 2.25. The molecule has 1 saturated heterocycles. The zero-order valence-corrected chi connectivity index (χ0v) is 18.9. The van der Waals surface area contributed by atoms with E-state index in [9.17, 15) is 4.79 Å². The van der Waals surface area contributed by atoms with Crippen molar-refractivity contribution in [2.75, 3.05) is 61.8 Å². The number of amides is 1. The Morgan fingerprint density at radius 2 is 1.94 bits per heavy atom. The molecule has 3 aromatic rings. The highest BCUT2D eigenvalue weighted by Crippen LogP contribution is 2.33. The minimum atomic E-state index is 0.168. The van der Waals surface area contributed by atoms with Gasteiger partial charge in [0.15, 0.2) is 0 Å². The molecule has 0 radical (unpaired) electrons. The maximum atomic E-state index is 13.0. The number of rotatable bonds is 5. The Bertz CT molecular complexity index is 1090. The molecule has 2 aliphatic heterocycles. The number of carbonyl (C=O) groups excluding carboxylic acids is 1. The maximum absolute atomic E-state index is 13.0. The van der Waals surface area contributed by atoms with Crippen LogP contribution in [0, 0.1) is 0 Å². The van der Waals surface area contributed by atoms with Gasteiger partial charge in [-0.1, -0.05) is 19.1 Å². The number of carbonyl (C=O) groups is 1. The van der Waals surface area contributed by atoms with Crippen molar-refractivity contribution in [1.82, 2.24) is 9.80 Å². The molecule has 2 aliphatic rings. The van der Waals surface area contributed by atoms with Gasteiger partial charge >= 0.3 is 0 Å². The number of hydrogen-bond acceptors (Lipinski definition) is 6. The average molecular weight is 436 g/mol. The third kappa shape index (κ3) is 3.95. The van der Waals surface area contributed by atoms with Crippen LogP contribution in [0.15, 0.2) is 48.5 Å². The van der Waals surface area contributed by atoms with Crippen LogP contribution in [0.5, 0.6) is 0 Å². The molecular weight excluding hydrogens is 406 g/mol. The molecule has 6 nitrogen and oxygen atoms in total. The van der Waals surface area contributed by atoms with Gasteiger partial charge in [-0.2, -0.15) is 0 Å². The van der Waals surface area contributed by atoms with E-state index in [1.807, 2.05) is 4.90 Å². The average Bonchev–Trinajstić information content (AvgIpc) is 3.38. The van der Waals surface area contributed by atoms with Gasteiger partial charge in [-0.15, -0.1) is 11.3 Å². The van der Waals surface area contributed by atoms with Gasteiger partial charge in [0.05, 0.1) is 22.8 Å². The molecule has 0 saturated carbocycles. The molecule has 7 heteroatoms. The van der Waals surface area contributed by atoms with Crippen LogP contribution in [0.2, 0.25) is 0 Å². The highest BCUT2D eigenvalue weighted by molar-refractivity contribution is 7.20. The zero-order valence-electron chi connectivity index (χ0n) is 18.1. The smallest absolute Gasteiger partial charge is 0.264 e. The summed E-state index contributed by atoms with van der Waals surface area (Å²) in [7, 11) is 2.12. The highest BCUT2D eigenvalue weighted by atomic mass is 32.1. The predicted molar refractivity (Wildman–Crippen MR) is 131 cm³/mol. The second-order valence-electron chi connectivity index (χ2n) is 8.26. The molecule has 0 aliphatic carbocycles. The molecule has 0 bridgehead atoms. The van der Waals surface area contributed by atoms with E-state index in [0.717, 1.165) is 59.9 Å². The monoisotopic (exact) mass is 435 g/mol. The Balaban J connectivity index is 1.24. The molecule has 5 rings (SSSR count). The van der Waals surface area contributed by atoms with Crippen LogP contribution in [0.1, 0.15) is 16.6 Å². The fourth-order valence-corrected chi connectivity index (χ4v) is 5.44. The number of anilines is 3. The number of hydrogen-bond donors (Lipinski definition) is 2. The molecule has 2 aromatic carbocycles. The first-order valence-electron chi connectivity index (χ1n) is 11.0. The molecule has 1 amide bonds. The normalized spacial score (nSPS) is 18.8. The zero-order chi connectivity index (χ0) is 21.4. The summed E-state index contributed by atoms with van der Waals surface area (Å²) in [6.45, 7) is 7.58. The lowest BCUT2D eigenvalue weighted by atomic mass is 10.2. The number of nitrogens with one attached hydrogen (secondary N) is 2. The minimum Gasteiger partial charge on any atom is -0.381 e. The van der Waals surface area contributed by atoms with E-state index in [-0.39, 0.29) is 12.1 Å². The van der Waals surface area contributed by atoms with Crippen molar-refractivity contribution >= 4 is 44.4 Å². The molecule has 1 unspecified atom stereocenters. The van der Waals surface area contributed by atoms with Crippen LogP contribution in [-0.4, -0.2) is 68.2 Å². The number of thiophene rings is 1. The van der Waals surface area contributed by atoms with Gasteiger partial charge in [0.2, 0.25) is 0 Å². The second kappa shape index (κ2) is 8.40. The van der Waals surface area contributed by atoms with Gasteiger partial charge in [0.25, 0.3) is 5.91 Å². The fourth-order valence-electron chi connectivity index (χ4n) is 4.43. The standard InChI is InChI=1S/C24H29N5OS/c1-3-28-10-12-29(13-11-28)24(30)22-15-17-14-18(8-9-21(17)31-22)25-16-23-26-19-6-4-5-7-20(19)27(23)2/h4-9,14-15,23,25-26H,3,10-13,16H2,1-2H3. The van der Waals surface area contributed by atoms with E-state index in [1.165, 1.54) is 11.4 Å². The van der Waals surface area contributed by atoms with Gasteiger partial charge in [0, 0.05) is 43.6 Å². The lowest BCUT2D eigenvalue weighted by Crippen LogP contribution is -2.48. The van der Waals surface area contributed by atoms with Crippen LogP contribution in [0.3, 0.4) is 0 Å². The summed E-state index contributed by atoms with van der Waals surface area (Å²) >= 11 is 1.60. The minimum absolute atomic E-state index is 0.168. The molecule has 1 aromatic heterocycles. The van der Waals surface area contributed by atoms with Gasteiger partial charge in [-0.05, 0) is 48.3 Å². The lowest BCUT2D eigenvalue weighted by Gasteiger charge is -2.33. The number of para-hydroxylation sites is 2. The first kappa shape index (κ1) is 20.2. The Kier molecular flexibility index (Phi) is 5.46. The molecule has 2 N–H and O–H groups in total. The van der Waals surface area contributed by atoms with Crippen LogP contribution in [-0.2, 0) is 0 Å². The predicted octanol–water partition coefficient (Wildman–Crippen LogP) is 3.98. The van der Waals surface area contributed by atoms with Crippen molar-refractivity contribution in [2.45, 2.75) is 13.1 Å². The van der Waals surface area contributed by atoms with Crippen molar-refractivity contribution in [3.8, 4) is 0 Å². The van der Waals surface area contributed by atoms with Gasteiger partial charge in [-0.3, -0.25) is 4.79 Å². The summed E-state index contributed by atoms with van der Waals surface area (Å²) < 4.78 is 1.16. The van der Waals surface area contributed by atoms with Crippen LogP contribution in [0.25, 0.3) is 10.1 Å². The Morgan fingerprint density at radius 1 is 1.13 bits per heavy atom. The number of piperazine rings is 1. The number of nitrogens with zero attached hydrogens (tertiary/aromatic N) is 3. The summed E-state index contributed by atoms with van der Waals surface area (Å²) in [4.78, 5) is 20.5. The fraction of sp³-hybridized carbons (Fsp3) is 0.375. The van der Waals surface area contributed by atoms with Crippen molar-refractivity contribution in [3.63, 3.8) is 0 Å². The third-order valence-corrected chi connectivity index (χ3v) is 7.51. The molecule has 1 fully saturated rings. The summed E-state index contributed by atoms with van der Waals surface area (Å²) in [5, 5.41) is 8.25. The van der Waals surface area contributed by atoms with Gasteiger partial charge < -0.3 is 25.3 Å². The first-order valence-corrected chi connectivity index (χ1v) is 11.8. The second-order valence-corrected chi connectivity index (χ2v) is 9.34. The van der Waals surface area contributed by atoms with E-state index >= 15 is 0 Å². The van der Waals surface area contributed by atoms with E-state index in [2.05, 4.69) is 82.9 Å². The lowest BCUT2D eigenvalue weighted by molar-refractivity contribution is 0.0648. The molecule has 1 atom stereocenters. The van der Waals surface area contributed by atoms with Crippen LogP contribution in [0.4, 0.5) is 17.1 Å². The Morgan fingerprint density at radius 3 is 2.71 bits per heavy atom. The Labute approximate surface area is 187 Å². The largest absolute Gasteiger partial charge is 0.381 e. The summed E-state index contributed by atoms with van der Waals surface area (Å²) in [6.07, 6.45) is 0.203. The van der Waals surface area contributed by atoms with Crippen molar-refractivity contribution in [1.29, 1.82) is 0 Å². The Hall–Kier alpha value is -2.77. The van der Waals surface area contributed by atoms with Crippen molar-refractivity contribution in [3.05, 3.63) is 53.4 Å². The third-order valence-electron chi connectivity index (χ3n) is 6.41. The molecule has 31 heavy (non-hydrogen) atoms. The van der Waals surface area contributed by atoms with Crippen molar-refractivity contribution < 1.29 is 4.79 Å². The quantitative estimate of drug-likeness (QED) is 0.635. The molecule has 0 spiro atoms. The van der Waals surface area contributed by atoms with Gasteiger partial charge in [-0.25, -0.2) is 0 Å². The van der Waals surface area contributed by atoms with E-state index < -0.39 is 0 Å². The number of fused-ring (bicyclic) bond motifs is 2. The van der Waals surface area contributed by atoms with E-state index in [0.29, 0.717) is 0 Å². The van der Waals surface area contributed by atoms with Crippen LogP contribution < -0.4 is 15.5 Å². The summed E-state index contributed by atoms with van der Waals surface area (Å²) in [6, 6.07) is 16.8. The van der Waals surface area contributed by atoms with E-state index in [4.69, 9.17) is 0 Å². The SMILES string of the molecule is CCN1CCN(C(=O)c2cc3cc(NCC4Nc5ccccc5N4C)ccc3s2)CC1. The topological polar surface area (TPSA) is 50.9 Å². The first-order chi connectivity index (χ1) is 15.1. The summed E-state index contributed by atoms with van der Waals surface area (Å²) in [5.41, 5.74) is 3.48. The molecular formula is C24H29N5OS.